The van der Waals surface area contributed by atoms with Crippen molar-refractivity contribution in [2.45, 2.75) is 6.92 Å². The first-order valence-electron chi connectivity index (χ1n) is 9.91. The van der Waals surface area contributed by atoms with E-state index >= 15 is 0 Å². The van der Waals surface area contributed by atoms with Crippen LogP contribution < -0.4 is 10.2 Å². The molecule has 0 heterocycles. The Morgan fingerprint density at radius 2 is 1.62 bits per heavy atom. The molecule has 158 valence electrons. The van der Waals surface area contributed by atoms with E-state index in [2.05, 4.69) is 26.5 Å². The van der Waals surface area contributed by atoms with E-state index in [4.69, 9.17) is 4.74 Å². The van der Waals surface area contributed by atoms with Crippen LogP contribution in [0.5, 0.6) is 5.75 Å². The Morgan fingerprint density at radius 3 is 2.41 bits per heavy atom. The number of esters is 1. The van der Waals surface area contributed by atoms with Gasteiger partial charge in [0.2, 0.25) is 0 Å². The molecule has 0 fully saturated rings. The van der Waals surface area contributed by atoms with Crippen LogP contribution in [0, 0.1) is 6.92 Å². The highest BCUT2D eigenvalue weighted by atomic mass is 79.9. The molecular formula is C26H19BrN2O3. The summed E-state index contributed by atoms with van der Waals surface area (Å²) >= 11 is 3.35. The maximum Gasteiger partial charge on any atom is 0.343 e. The van der Waals surface area contributed by atoms with Crippen LogP contribution in [0.25, 0.3) is 10.8 Å². The van der Waals surface area contributed by atoms with Gasteiger partial charge in [0.15, 0.2) is 0 Å². The molecule has 0 spiro atoms. The SMILES string of the molecule is Cc1ccccc1C(=O)Oc1ccc2ccccc2c1/C=N\NC(=O)c1ccc(Br)cc1. The number of ether oxygens (including phenoxy) is 1. The highest BCUT2D eigenvalue weighted by Gasteiger charge is 2.15. The van der Waals surface area contributed by atoms with Crippen molar-refractivity contribution in [2.24, 2.45) is 5.10 Å². The fourth-order valence-electron chi connectivity index (χ4n) is 3.28. The van der Waals surface area contributed by atoms with E-state index in [0.717, 1.165) is 20.8 Å². The van der Waals surface area contributed by atoms with Crippen molar-refractivity contribution in [3.05, 3.63) is 112 Å². The summed E-state index contributed by atoms with van der Waals surface area (Å²) in [5, 5.41) is 5.93. The number of carbonyl (C=O) groups is 2. The number of benzene rings is 4. The van der Waals surface area contributed by atoms with Crippen molar-refractivity contribution in [1.82, 2.24) is 5.43 Å². The Morgan fingerprint density at radius 1 is 0.906 bits per heavy atom. The Labute approximate surface area is 193 Å². The minimum absolute atomic E-state index is 0.340. The minimum Gasteiger partial charge on any atom is -0.422 e. The number of fused-ring (bicyclic) bond motifs is 1. The molecular weight excluding hydrogens is 468 g/mol. The van der Waals surface area contributed by atoms with E-state index in [1.165, 1.54) is 6.21 Å². The monoisotopic (exact) mass is 486 g/mol. The maximum atomic E-state index is 12.8. The van der Waals surface area contributed by atoms with Crippen molar-refractivity contribution in [3.8, 4) is 5.75 Å². The van der Waals surface area contributed by atoms with Crippen LogP contribution in [0.4, 0.5) is 0 Å². The van der Waals surface area contributed by atoms with Crippen molar-refractivity contribution in [3.63, 3.8) is 0 Å². The van der Waals surface area contributed by atoms with Gasteiger partial charge < -0.3 is 4.74 Å². The van der Waals surface area contributed by atoms with Crippen LogP contribution in [0.1, 0.15) is 31.8 Å². The van der Waals surface area contributed by atoms with Crippen molar-refractivity contribution >= 4 is 44.8 Å². The molecule has 1 N–H and O–H groups in total. The predicted molar refractivity (Wildman–Crippen MR) is 129 cm³/mol. The highest BCUT2D eigenvalue weighted by Crippen LogP contribution is 2.27. The summed E-state index contributed by atoms with van der Waals surface area (Å²) in [4.78, 5) is 25.1. The topological polar surface area (TPSA) is 67.8 Å². The van der Waals surface area contributed by atoms with Gasteiger partial charge >= 0.3 is 5.97 Å². The summed E-state index contributed by atoms with van der Waals surface area (Å²) in [6.07, 6.45) is 1.50. The normalized spacial score (nSPS) is 10.9. The zero-order valence-electron chi connectivity index (χ0n) is 17.2. The third-order valence-corrected chi connectivity index (χ3v) is 5.49. The van der Waals surface area contributed by atoms with E-state index in [9.17, 15) is 9.59 Å². The number of nitrogens with zero attached hydrogens (tertiary/aromatic N) is 1. The molecule has 0 aliphatic carbocycles. The molecule has 4 aromatic rings. The molecule has 0 aliphatic heterocycles. The van der Waals surface area contributed by atoms with E-state index < -0.39 is 5.97 Å². The van der Waals surface area contributed by atoms with Crippen molar-refractivity contribution in [1.29, 1.82) is 0 Å². The van der Waals surface area contributed by atoms with E-state index in [-0.39, 0.29) is 5.91 Å². The largest absolute Gasteiger partial charge is 0.422 e. The number of aryl methyl sites for hydroxylation is 1. The number of hydrogen-bond acceptors (Lipinski definition) is 4. The number of halogens is 1. The van der Waals surface area contributed by atoms with Crippen LogP contribution in [0.3, 0.4) is 0 Å². The number of carbonyl (C=O) groups excluding carboxylic acids is 2. The van der Waals surface area contributed by atoms with Gasteiger partial charge in [-0.15, -0.1) is 0 Å². The standard InChI is InChI=1S/C26H19BrN2O3/c1-17-6-2-4-8-21(17)26(31)32-24-15-12-18-7-3-5-9-22(18)23(24)16-28-29-25(30)19-10-13-20(27)14-11-19/h2-16H,1H3,(H,29,30)/b28-16-. The zero-order chi connectivity index (χ0) is 22.5. The van der Waals surface area contributed by atoms with Crippen LogP contribution in [-0.4, -0.2) is 18.1 Å². The van der Waals surface area contributed by atoms with Gasteiger partial charge in [0, 0.05) is 15.6 Å². The lowest BCUT2D eigenvalue weighted by atomic mass is 10.0. The third kappa shape index (κ3) is 4.76. The molecule has 6 heteroatoms. The number of rotatable bonds is 5. The van der Waals surface area contributed by atoms with Crippen molar-refractivity contribution in [2.75, 3.05) is 0 Å². The molecule has 0 bridgehead atoms. The van der Waals surface area contributed by atoms with Gasteiger partial charge in [0.25, 0.3) is 5.91 Å². The average molecular weight is 487 g/mol. The summed E-state index contributed by atoms with van der Waals surface area (Å²) in [6, 6.07) is 25.5. The second kappa shape index (κ2) is 9.58. The highest BCUT2D eigenvalue weighted by molar-refractivity contribution is 9.10. The quantitative estimate of drug-likeness (QED) is 0.165. The summed E-state index contributed by atoms with van der Waals surface area (Å²) < 4.78 is 6.61. The van der Waals surface area contributed by atoms with E-state index in [1.54, 1.807) is 42.5 Å². The number of hydrazone groups is 1. The first-order valence-corrected chi connectivity index (χ1v) is 10.7. The van der Waals surface area contributed by atoms with E-state index in [0.29, 0.717) is 22.4 Å². The Balaban J connectivity index is 1.63. The van der Waals surface area contributed by atoms with Crippen LogP contribution in [-0.2, 0) is 0 Å². The molecule has 4 rings (SSSR count). The average Bonchev–Trinajstić information content (AvgIpc) is 2.80. The van der Waals surface area contributed by atoms with Gasteiger partial charge in [-0.05, 0) is 59.7 Å². The summed E-state index contributed by atoms with van der Waals surface area (Å²) in [7, 11) is 0. The molecule has 0 radical (unpaired) electrons. The number of hydrogen-bond donors (Lipinski definition) is 1. The minimum atomic E-state index is -0.452. The van der Waals surface area contributed by atoms with Crippen LogP contribution >= 0.6 is 15.9 Å². The smallest absolute Gasteiger partial charge is 0.343 e. The van der Waals surface area contributed by atoms with Crippen LogP contribution in [0.15, 0.2) is 94.5 Å². The predicted octanol–water partition coefficient (Wildman–Crippen LogP) is 5.89. The molecule has 1 amide bonds. The molecule has 4 aromatic carbocycles. The molecule has 0 saturated heterocycles. The Bertz CT molecular complexity index is 1330. The molecule has 0 saturated carbocycles. The van der Waals surface area contributed by atoms with Gasteiger partial charge in [-0.1, -0.05) is 64.5 Å². The molecule has 0 unspecified atom stereocenters. The van der Waals surface area contributed by atoms with Gasteiger partial charge in [0.05, 0.1) is 11.8 Å². The summed E-state index contributed by atoms with van der Waals surface area (Å²) in [5.41, 5.74) is 4.93. The Kier molecular flexibility index (Phi) is 6.42. The second-order valence-corrected chi connectivity index (χ2v) is 8.02. The lowest BCUT2D eigenvalue weighted by molar-refractivity contribution is 0.0733. The Hall–Kier alpha value is -3.77. The first-order chi connectivity index (χ1) is 15.5. The number of amides is 1. The van der Waals surface area contributed by atoms with E-state index in [1.807, 2.05) is 49.4 Å². The summed E-state index contributed by atoms with van der Waals surface area (Å²) in [6.45, 7) is 1.86. The molecule has 0 aliphatic rings. The molecule has 5 nitrogen and oxygen atoms in total. The second-order valence-electron chi connectivity index (χ2n) is 7.11. The zero-order valence-corrected chi connectivity index (χ0v) is 18.8. The summed E-state index contributed by atoms with van der Waals surface area (Å²) in [5.74, 6) is -0.432. The van der Waals surface area contributed by atoms with Gasteiger partial charge in [-0.3, -0.25) is 4.79 Å². The van der Waals surface area contributed by atoms with Crippen molar-refractivity contribution < 1.29 is 14.3 Å². The molecule has 32 heavy (non-hydrogen) atoms. The lowest BCUT2D eigenvalue weighted by Crippen LogP contribution is -2.17. The third-order valence-electron chi connectivity index (χ3n) is 4.96. The molecule has 0 aromatic heterocycles. The fraction of sp³-hybridized carbons (Fsp3) is 0.0385. The van der Waals surface area contributed by atoms with Gasteiger partial charge in [-0.25, -0.2) is 10.2 Å². The lowest BCUT2D eigenvalue weighted by Gasteiger charge is -2.11. The molecule has 0 atom stereocenters. The fourth-order valence-corrected chi connectivity index (χ4v) is 3.54. The first kappa shape index (κ1) is 21.5. The van der Waals surface area contributed by atoms with Crippen LogP contribution in [0.2, 0.25) is 0 Å². The van der Waals surface area contributed by atoms with Gasteiger partial charge in [-0.2, -0.15) is 5.10 Å². The number of nitrogens with one attached hydrogen (secondary N) is 1. The maximum absolute atomic E-state index is 12.8. The van der Waals surface area contributed by atoms with Gasteiger partial charge in [0.1, 0.15) is 5.75 Å².